The SMILES string of the molecule is Cn1nccc1C(=O)N1Cc2[nH]cnc2C(c2cccc(O)c2)C1. The number of amides is 1. The van der Waals surface area contributed by atoms with E-state index in [4.69, 9.17) is 0 Å². The minimum atomic E-state index is -0.0794. The van der Waals surface area contributed by atoms with E-state index in [1.807, 2.05) is 6.07 Å². The van der Waals surface area contributed by atoms with Gasteiger partial charge in [0, 0.05) is 25.7 Å². The van der Waals surface area contributed by atoms with Crippen LogP contribution in [0.25, 0.3) is 0 Å². The number of carbonyl (C=O) groups excluding carboxylic acids is 1. The van der Waals surface area contributed by atoms with E-state index in [-0.39, 0.29) is 17.6 Å². The molecule has 0 fully saturated rings. The number of nitrogens with one attached hydrogen (secondary N) is 1. The van der Waals surface area contributed by atoms with Crippen molar-refractivity contribution in [3.8, 4) is 5.75 Å². The lowest BCUT2D eigenvalue weighted by Crippen LogP contribution is -2.39. The molecular formula is C17H17N5O2. The Kier molecular flexibility index (Phi) is 3.34. The van der Waals surface area contributed by atoms with Gasteiger partial charge in [-0.25, -0.2) is 4.98 Å². The maximum atomic E-state index is 12.8. The molecule has 0 aliphatic carbocycles. The van der Waals surface area contributed by atoms with E-state index in [9.17, 15) is 9.90 Å². The van der Waals surface area contributed by atoms with E-state index in [1.165, 1.54) is 0 Å². The molecule has 3 aromatic rings. The molecule has 1 aliphatic rings. The van der Waals surface area contributed by atoms with Crippen molar-refractivity contribution in [2.24, 2.45) is 7.05 Å². The molecule has 1 aliphatic heterocycles. The molecule has 1 unspecified atom stereocenters. The van der Waals surface area contributed by atoms with Gasteiger partial charge < -0.3 is 15.0 Å². The first-order valence-electron chi connectivity index (χ1n) is 7.72. The number of imidazole rings is 1. The number of fused-ring (bicyclic) bond motifs is 1. The first-order chi connectivity index (χ1) is 11.6. The van der Waals surface area contributed by atoms with Gasteiger partial charge in [0.1, 0.15) is 11.4 Å². The Morgan fingerprint density at radius 3 is 3.00 bits per heavy atom. The molecule has 0 radical (unpaired) electrons. The molecule has 1 aromatic carbocycles. The third-order valence-electron chi connectivity index (χ3n) is 4.43. The van der Waals surface area contributed by atoms with Gasteiger partial charge in [0.2, 0.25) is 0 Å². The van der Waals surface area contributed by atoms with Gasteiger partial charge >= 0.3 is 0 Å². The van der Waals surface area contributed by atoms with Crippen molar-refractivity contribution < 1.29 is 9.90 Å². The van der Waals surface area contributed by atoms with Crippen molar-refractivity contribution in [1.29, 1.82) is 0 Å². The molecule has 4 rings (SSSR count). The number of phenolic OH excluding ortho intramolecular Hbond substituents is 1. The van der Waals surface area contributed by atoms with Crippen LogP contribution in [0.1, 0.15) is 33.4 Å². The maximum absolute atomic E-state index is 12.8. The molecule has 24 heavy (non-hydrogen) atoms. The summed E-state index contributed by atoms with van der Waals surface area (Å²) in [7, 11) is 1.76. The summed E-state index contributed by atoms with van der Waals surface area (Å²) in [6, 6.07) is 8.82. The third-order valence-corrected chi connectivity index (χ3v) is 4.43. The smallest absolute Gasteiger partial charge is 0.272 e. The van der Waals surface area contributed by atoms with E-state index in [2.05, 4.69) is 15.1 Å². The number of benzene rings is 1. The second-order valence-electron chi connectivity index (χ2n) is 5.94. The van der Waals surface area contributed by atoms with E-state index in [0.29, 0.717) is 18.8 Å². The number of hydrogen-bond donors (Lipinski definition) is 2. The average molecular weight is 323 g/mol. The monoisotopic (exact) mass is 323 g/mol. The van der Waals surface area contributed by atoms with E-state index in [1.54, 1.807) is 53.4 Å². The van der Waals surface area contributed by atoms with Gasteiger partial charge in [0.25, 0.3) is 5.91 Å². The van der Waals surface area contributed by atoms with Crippen LogP contribution in [0.4, 0.5) is 0 Å². The van der Waals surface area contributed by atoms with E-state index < -0.39 is 0 Å². The second kappa shape index (κ2) is 5.52. The average Bonchev–Trinajstić information content (AvgIpc) is 3.21. The summed E-state index contributed by atoms with van der Waals surface area (Å²) in [5.41, 5.74) is 3.33. The van der Waals surface area contributed by atoms with Crippen LogP contribution < -0.4 is 0 Å². The molecule has 2 aromatic heterocycles. The van der Waals surface area contributed by atoms with Gasteiger partial charge in [-0.3, -0.25) is 9.48 Å². The standard InChI is InChI=1S/C17H17N5O2/c1-21-15(5-6-20-21)17(24)22-8-13(11-3-2-4-12(23)7-11)16-14(9-22)18-10-19-16/h2-7,10,13,23H,8-9H2,1H3,(H,18,19). The van der Waals surface area contributed by atoms with Crippen LogP contribution in [0.2, 0.25) is 0 Å². The van der Waals surface area contributed by atoms with Crippen molar-refractivity contribution in [2.45, 2.75) is 12.5 Å². The number of H-pyrrole nitrogens is 1. The fraction of sp³-hybridized carbons (Fsp3) is 0.235. The highest BCUT2D eigenvalue weighted by Gasteiger charge is 2.32. The minimum Gasteiger partial charge on any atom is -0.508 e. The highest BCUT2D eigenvalue weighted by atomic mass is 16.3. The van der Waals surface area contributed by atoms with Crippen LogP contribution in [0, 0.1) is 0 Å². The summed E-state index contributed by atoms with van der Waals surface area (Å²) in [5.74, 6) is 0.0596. The number of aromatic amines is 1. The lowest BCUT2D eigenvalue weighted by atomic mass is 9.90. The largest absolute Gasteiger partial charge is 0.508 e. The summed E-state index contributed by atoms with van der Waals surface area (Å²) in [4.78, 5) is 22.2. The molecule has 0 saturated carbocycles. The topological polar surface area (TPSA) is 87.0 Å². The maximum Gasteiger partial charge on any atom is 0.272 e. The summed E-state index contributed by atoms with van der Waals surface area (Å²) in [6.07, 6.45) is 3.27. The fourth-order valence-corrected chi connectivity index (χ4v) is 3.23. The highest BCUT2D eigenvalue weighted by molar-refractivity contribution is 5.92. The first-order valence-corrected chi connectivity index (χ1v) is 7.72. The number of carbonyl (C=O) groups is 1. The van der Waals surface area contributed by atoms with Crippen molar-refractivity contribution in [1.82, 2.24) is 24.6 Å². The molecule has 7 nitrogen and oxygen atoms in total. The quantitative estimate of drug-likeness (QED) is 0.750. The zero-order valence-electron chi connectivity index (χ0n) is 13.2. The zero-order valence-corrected chi connectivity index (χ0v) is 13.2. The van der Waals surface area contributed by atoms with Crippen LogP contribution in [0.5, 0.6) is 5.75 Å². The molecular weight excluding hydrogens is 306 g/mol. The number of hydrogen-bond acceptors (Lipinski definition) is 4. The summed E-state index contributed by atoms with van der Waals surface area (Å²) in [6.45, 7) is 0.986. The number of aromatic hydroxyl groups is 1. The van der Waals surface area contributed by atoms with Crippen molar-refractivity contribution in [3.05, 3.63) is 65.5 Å². The van der Waals surface area contributed by atoms with Gasteiger partial charge in [0.05, 0.1) is 24.3 Å². The normalized spacial score (nSPS) is 16.9. The number of nitrogens with zero attached hydrogens (tertiary/aromatic N) is 4. The number of aromatic nitrogens is 4. The Labute approximate surface area is 138 Å². The predicted octanol–water partition coefficient (Wildman–Crippen LogP) is 1.64. The number of aryl methyl sites for hydroxylation is 1. The van der Waals surface area contributed by atoms with E-state index >= 15 is 0 Å². The first kappa shape index (κ1) is 14.5. The molecule has 3 heterocycles. The van der Waals surface area contributed by atoms with Gasteiger partial charge in [-0.2, -0.15) is 5.10 Å². The predicted molar refractivity (Wildman–Crippen MR) is 86.5 cm³/mol. The number of phenols is 1. The highest BCUT2D eigenvalue weighted by Crippen LogP contribution is 2.33. The Balaban J connectivity index is 1.71. The fourth-order valence-electron chi connectivity index (χ4n) is 3.23. The van der Waals surface area contributed by atoms with Crippen molar-refractivity contribution in [3.63, 3.8) is 0 Å². The summed E-state index contributed by atoms with van der Waals surface area (Å²) < 4.78 is 1.58. The van der Waals surface area contributed by atoms with Crippen molar-refractivity contribution >= 4 is 5.91 Å². The van der Waals surface area contributed by atoms with Crippen LogP contribution in [0.3, 0.4) is 0 Å². The molecule has 0 saturated heterocycles. The molecule has 122 valence electrons. The minimum absolute atomic E-state index is 0.0691. The van der Waals surface area contributed by atoms with Crippen LogP contribution in [-0.2, 0) is 13.6 Å². The lowest BCUT2D eigenvalue weighted by molar-refractivity contribution is 0.0710. The Morgan fingerprint density at radius 1 is 1.38 bits per heavy atom. The third kappa shape index (κ3) is 2.34. The molecule has 7 heteroatoms. The molecule has 1 amide bonds. The Hall–Kier alpha value is -3.09. The van der Waals surface area contributed by atoms with Gasteiger partial charge in [-0.1, -0.05) is 12.1 Å². The molecule has 2 N–H and O–H groups in total. The second-order valence-corrected chi connectivity index (χ2v) is 5.94. The van der Waals surface area contributed by atoms with Gasteiger partial charge in [-0.05, 0) is 23.8 Å². The van der Waals surface area contributed by atoms with Crippen LogP contribution in [-0.4, -0.2) is 42.2 Å². The Morgan fingerprint density at radius 2 is 2.25 bits per heavy atom. The molecule has 0 bridgehead atoms. The summed E-state index contributed by atoms with van der Waals surface area (Å²) >= 11 is 0. The van der Waals surface area contributed by atoms with Crippen LogP contribution >= 0.6 is 0 Å². The van der Waals surface area contributed by atoms with Gasteiger partial charge in [-0.15, -0.1) is 0 Å². The lowest BCUT2D eigenvalue weighted by Gasteiger charge is -2.32. The van der Waals surface area contributed by atoms with Gasteiger partial charge in [0.15, 0.2) is 0 Å². The number of rotatable bonds is 2. The van der Waals surface area contributed by atoms with Crippen LogP contribution in [0.15, 0.2) is 42.9 Å². The van der Waals surface area contributed by atoms with Crippen molar-refractivity contribution in [2.75, 3.05) is 6.54 Å². The Bertz CT molecular complexity index is 898. The zero-order chi connectivity index (χ0) is 16.7. The molecule has 1 atom stereocenters. The van der Waals surface area contributed by atoms with E-state index in [0.717, 1.165) is 17.0 Å². The summed E-state index contributed by atoms with van der Waals surface area (Å²) in [5, 5.41) is 13.9. The molecule has 0 spiro atoms.